The second kappa shape index (κ2) is 6.73. The summed E-state index contributed by atoms with van der Waals surface area (Å²) in [6.07, 6.45) is 1.53. The predicted molar refractivity (Wildman–Crippen MR) is 79.5 cm³/mol. The van der Waals surface area contributed by atoms with E-state index in [1.807, 2.05) is 24.3 Å². The number of para-hydroxylation sites is 1. The normalized spacial score (nSPS) is 10.5. The fourth-order valence-electron chi connectivity index (χ4n) is 1.63. The number of methoxy groups -OCH3 is 1. The molecule has 0 aliphatic carbocycles. The lowest BCUT2D eigenvalue weighted by Crippen LogP contribution is -2.17. The molecule has 1 N–H and O–H groups in total. The first-order valence-corrected chi connectivity index (χ1v) is 6.30. The number of carbonyl (C=O) groups excluding carboxylic acids is 1. The van der Waals surface area contributed by atoms with Crippen molar-refractivity contribution in [1.82, 2.24) is 5.43 Å². The Morgan fingerprint density at radius 3 is 2.80 bits per heavy atom. The monoisotopic (exact) mass is 288 g/mol. The van der Waals surface area contributed by atoms with Crippen molar-refractivity contribution in [3.8, 4) is 5.75 Å². The third-order valence-electron chi connectivity index (χ3n) is 2.60. The number of nitrogens with one attached hydrogen (secondary N) is 1. The molecule has 0 aromatic heterocycles. The standard InChI is InChI=1S/C15H13ClN2O2/c1-20-14-8-3-2-5-12(14)10-17-18-15(19)11-6-4-7-13(16)9-11/h2-10H,1H3,(H,18,19)/b17-10+. The molecule has 0 fully saturated rings. The zero-order valence-corrected chi connectivity index (χ0v) is 11.6. The molecular formula is C15H13ClN2O2. The third kappa shape index (κ3) is 3.59. The lowest BCUT2D eigenvalue weighted by molar-refractivity contribution is 0.0955. The van der Waals surface area contributed by atoms with E-state index in [0.29, 0.717) is 16.3 Å². The topological polar surface area (TPSA) is 50.7 Å². The highest BCUT2D eigenvalue weighted by atomic mass is 35.5. The number of halogens is 1. The van der Waals surface area contributed by atoms with E-state index in [1.54, 1.807) is 31.4 Å². The summed E-state index contributed by atoms with van der Waals surface area (Å²) in [6, 6.07) is 14.0. The summed E-state index contributed by atoms with van der Waals surface area (Å²) in [6.45, 7) is 0. The Labute approximate surface area is 122 Å². The number of nitrogens with zero attached hydrogens (tertiary/aromatic N) is 1. The summed E-state index contributed by atoms with van der Waals surface area (Å²) in [5.41, 5.74) is 3.67. The molecule has 4 nitrogen and oxygen atoms in total. The Balaban J connectivity index is 2.05. The Kier molecular flexibility index (Phi) is 4.74. The smallest absolute Gasteiger partial charge is 0.271 e. The van der Waals surface area contributed by atoms with Crippen LogP contribution in [0.4, 0.5) is 0 Å². The molecule has 2 rings (SSSR count). The summed E-state index contributed by atoms with van der Waals surface area (Å²) >= 11 is 5.82. The van der Waals surface area contributed by atoms with E-state index < -0.39 is 0 Å². The van der Waals surface area contributed by atoms with Gasteiger partial charge in [0.05, 0.1) is 13.3 Å². The maximum absolute atomic E-state index is 11.8. The van der Waals surface area contributed by atoms with Crippen LogP contribution in [0.3, 0.4) is 0 Å². The van der Waals surface area contributed by atoms with Gasteiger partial charge in [-0.05, 0) is 30.3 Å². The van der Waals surface area contributed by atoms with Gasteiger partial charge in [0.2, 0.25) is 0 Å². The van der Waals surface area contributed by atoms with Gasteiger partial charge in [-0.25, -0.2) is 5.43 Å². The van der Waals surface area contributed by atoms with Crippen LogP contribution in [0, 0.1) is 0 Å². The minimum Gasteiger partial charge on any atom is -0.496 e. The highest BCUT2D eigenvalue weighted by Gasteiger charge is 2.04. The molecule has 0 spiro atoms. The number of hydrazone groups is 1. The minimum atomic E-state index is -0.321. The predicted octanol–water partition coefficient (Wildman–Crippen LogP) is 3.11. The number of ether oxygens (including phenoxy) is 1. The fraction of sp³-hybridized carbons (Fsp3) is 0.0667. The highest BCUT2D eigenvalue weighted by Crippen LogP contribution is 2.14. The highest BCUT2D eigenvalue weighted by molar-refractivity contribution is 6.30. The lowest BCUT2D eigenvalue weighted by Gasteiger charge is -2.03. The van der Waals surface area contributed by atoms with Crippen molar-refractivity contribution in [2.45, 2.75) is 0 Å². The Morgan fingerprint density at radius 1 is 1.25 bits per heavy atom. The molecular weight excluding hydrogens is 276 g/mol. The number of hydrogen-bond donors (Lipinski definition) is 1. The van der Waals surface area contributed by atoms with E-state index >= 15 is 0 Å². The van der Waals surface area contributed by atoms with Gasteiger partial charge in [0.1, 0.15) is 5.75 Å². The van der Waals surface area contributed by atoms with Crippen LogP contribution in [0.15, 0.2) is 53.6 Å². The summed E-state index contributed by atoms with van der Waals surface area (Å²) in [7, 11) is 1.58. The summed E-state index contributed by atoms with van der Waals surface area (Å²) in [5.74, 6) is 0.368. The van der Waals surface area contributed by atoms with E-state index in [2.05, 4.69) is 10.5 Å². The van der Waals surface area contributed by atoms with E-state index in [4.69, 9.17) is 16.3 Å². The van der Waals surface area contributed by atoms with Crippen LogP contribution >= 0.6 is 11.6 Å². The number of amides is 1. The summed E-state index contributed by atoms with van der Waals surface area (Å²) in [4.78, 5) is 11.8. The van der Waals surface area contributed by atoms with Crippen molar-refractivity contribution >= 4 is 23.7 Å². The van der Waals surface area contributed by atoms with Gasteiger partial charge in [-0.15, -0.1) is 0 Å². The van der Waals surface area contributed by atoms with Crippen LogP contribution in [0.25, 0.3) is 0 Å². The van der Waals surface area contributed by atoms with Crippen LogP contribution in [0.5, 0.6) is 5.75 Å². The molecule has 0 heterocycles. The van der Waals surface area contributed by atoms with Crippen molar-refractivity contribution in [1.29, 1.82) is 0 Å². The fourth-order valence-corrected chi connectivity index (χ4v) is 1.82. The molecule has 102 valence electrons. The van der Waals surface area contributed by atoms with Gasteiger partial charge in [-0.3, -0.25) is 4.79 Å². The summed E-state index contributed by atoms with van der Waals surface area (Å²) < 4.78 is 5.18. The number of carbonyl (C=O) groups is 1. The largest absolute Gasteiger partial charge is 0.496 e. The molecule has 20 heavy (non-hydrogen) atoms. The maximum atomic E-state index is 11.8. The van der Waals surface area contributed by atoms with Gasteiger partial charge in [0.25, 0.3) is 5.91 Å². The number of hydrogen-bond acceptors (Lipinski definition) is 3. The van der Waals surface area contributed by atoms with Crippen LogP contribution in [0.1, 0.15) is 15.9 Å². The Hall–Kier alpha value is -2.33. The molecule has 5 heteroatoms. The number of rotatable bonds is 4. The average molecular weight is 289 g/mol. The van der Waals surface area contributed by atoms with Gasteiger partial charge >= 0.3 is 0 Å². The second-order valence-corrected chi connectivity index (χ2v) is 4.39. The molecule has 0 atom stereocenters. The van der Waals surface area contributed by atoms with Crippen LogP contribution in [-0.4, -0.2) is 19.2 Å². The van der Waals surface area contributed by atoms with E-state index in [-0.39, 0.29) is 5.91 Å². The minimum absolute atomic E-state index is 0.321. The molecule has 0 bridgehead atoms. The third-order valence-corrected chi connectivity index (χ3v) is 2.83. The van der Waals surface area contributed by atoms with Gasteiger partial charge in [-0.1, -0.05) is 29.8 Å². The van der Waals surface area contributed by atoms with Crippen LogP contribution in [-0.2, 0) is 0 Å². The Morgan fingerprint density at radius 2 is 2.05 bits per heavy atom. The molecule has 0 saturated carbocycles. The SMILES string of the molecule is COc1ccccc1/C=N/NC(=O)c1cccc(Cl)c1. The molecule has 0 aliphatic rings. The van der Waals surface area contributed by atoms with Crippen LogP contribution < -0.4 is 10.2 Å². The van der Waals surface area contributed by atoms with Crippen molar-refractivity contribution in [3.63, 3.8) is 0 Å². The first kappa shape index (κ1) is 14.1. The van der Waals surface area contributed by atoms with Gasteiger partial charge in [0, 0.05) is 16.1 Å². The molecule has 0 saturated heterocycles. The van der Waals surface area contributed by atoms with Crippen molar-refractivity contribution in [2.75, 3.05) is 7.11 Å². The number of benzene rings is 2. The van der Waals surface area contributed by atoms with Crippen LogP contribution in [0.2, 0.25) is 5.02 Å². The Bertz CT molecular complexity index is 641. The average Bonchev–Trinajstić information content (AvgIpc) is 2.47. The van der Waals surface area contributed by atoms with E-state index in [9.17, 15) is 4.79 Å². The molecule has 0 unspecified atom stereocenters. The summed E-state index contributed by atoms with van der Waals surface area (Å²) in [5, 5.41) is 4.41. The quantitative estimate of drug-likeness (QED) is 0.694. The van der Waals surface area contributed by atoms with E-state index in [1.165, 1.54) is 6.21 Å². The molecule has 2 aromatic carbocycles. The first-order chi connectivity index (χ1) is 9.70. The maximum Gasteiger partial charge on any atom is 0.271 e. The molecule has 2 aromatic rings. The second-order valence-electron chi connectivity index (χ2n) is 3.95. The van der Waals surface area contributed by atoms with Gasteiger partial charge < -0.3 is 4.74 Å². The first-order valence-electron chi connectivity index (χ1n) is 5.92. The molecule has 0 aliphatic heterocycles. The van der Waals surface area contributed by atoms with Gasteiger partial charge in [-0.2, -0.15) is 5.10 Å². The zero-order valence-electron chi connectivity index (χ0n) is 10.8. The zero-order chi connectivity index (χ0) is 14.4. The van der Waals surface area contributed by atoms with Crippen molar-refractivity contribution in [3.05, 3.63) is 64.7 Å². The van der Waals surface area contributed by atoms with E-state index in [0.717, 1.165) is 5.56 Å². The van der Waals surface area contributed by atoms with Crippen molar-refractivity contribution in [2.24, 2.45) is 5.10 Å². The molecule has 0 radical (unpaired) electrons. The molecule has 1 amide bonds. The van der Waals surface area contributed by atoms with Crippen molar-refractivity contribution < 1.29 is 9.53 Å². The lowest BCUT2D eigenvalue weighted by atomic mass is 10.2. The van der Waals surface area contributed by atoms with Gasteiger partial charge in [0.15, 0.2) is 0 Å².